The Balaban J connectivity index is 1.91. The molecular formula is C20H16ClNO4S. The van der Waals surface area contributed by atoms with E-state index >= 15 is 0 Å². The number of halogens is 1. The predicted molar refractivity (Wildman–Crippen MR) is 103 cm³/mol. The number of hydrogen-bond acceptors (Lipinski definition) is 4. The summed E-state index contributed by atoms with van der Waals surface area (Å²) in [6.45, 7) is 0. The molecule has 0 saturated carbocycles. The highest BCUT2D eigenvalue weighted by molar-refractivity contribution is 7.87. The summed E-state index contributed by atoms with van der Waals surface area (Å²) in [5.41, 5.74) is 7.02. The van der Waals surface area contributed by atoms with E-state index in [2.05, 4.69) is 0 Å². The Kier molecular flexibility index (Phi) is 5.48. The topological polar surface area (TPSA) is 86.5 Å². The van der Waals surface area contributed by atoms with Crippen molar-refractivity contribution in [3.63, 3.8) is 0 Å². The minimum atomic E-state index is -4.08. The van der Waals surface area contributed by atoms with Gasteiger partial charge in [0.2, 0.25) is 5.91 Å². The summed E-state index contributed by atoms with van der Waals surface area (Å²) in [5, 5.41) is 0.483. The molecule has 0 bridgehead atoms. The van der Waals surface area contributed by atoms with Crippen LogP contribution in [0.4, 0.5) is 0 Å². The van der Waals surface area contributed by atoms with Crippen LogP contribution in [-0.4, -0.2) is 14.3 Å². The zero-order chi connectivity index (χ0) is 19.4. The van der Waals surface area contributed by atoms with E-state index in [1.165, 1.54) is 30.3 Å². The lowest BCUT2D eigenvalue weighted by Gasteiger charge is -2.12. The Morgan fingerprint density at radius 3 is 2.26 bits per heavy atom. The highest BCUT2D eigenvalue weighted by Gasteiger charge is 2.19. The van der Waals surface area contributed by atoms with E-state index in [9.17, 15) is 13.2 Å². The van der Waals surface area contributed by atoms with Gasteiger partial charge in [0.05, 0.1) is 0 Å². The minimum Gasteiger partial charge on any atom is -0.379 e. The lowest BCUT2D eigenvalue weighted by molar-refractivity contribution is 0.1000. The molecule has 3 aromatic carbocycles. The van der Waals surface area contributed by atoms with Gasteiger partial charge in [-0.2, -0.15) is 8.42 Å². The molecule has 0 spiro atoms. The van der Waals surface area contributed by atoms with Crippen molar-refractivity contribution in [2.75, 3.05) is 0 Å². The van der Waals surface area contributed by atoms with Gasteiger partial charge < -0.3 is 9.92 Å². The lowest BCUT2D eigenvalue weighted by Crippen LogP contribution is -2.13. The molecule has 0 unspecified atom stereocenters. The van der Waals surface area contributed by atoms with Gasteiger partial charge in [-0.15, -0.1) is 0 Å². The van der Waals surface area contributed by atoms with Gasteiger partial charge in [-0.1, -0.05) is 41.9 Å². The maximum absolute atomic E-state index is 12.6. The molecule has 2 N–H and O–H groups in total. The average molecular weight is 402 g/mol. The second-order valence-electron chi connectivity index (χ2n) is 5.84. The molecule has 1 amide bonds. The van der Waals surface area contributed by atoms with Crippen molar-refractivity contribution in [2.24, 2.45) is 5.73 Å². The lowest BCUT2D eigenvalue weighted by atomic mass is 10.0. The first-order chi connectivity index (χ1) is 12.8. The number of carbonyl (C=O) groups is 1. The standard InChI is InChI=1S/C20H16ClNO4S/c21-17-8-11-19(16(13-17)12-14-4-2-1-3-5-14)26-27(24,25)18-9-6-15(7-10-18)20(22)23/h1-11,13H,12H2,(H2,22,23). The zero-order valence-corrected chi connectivity index (χ0v) is 15.7. The molecule has 0 aromatic heterocycles. The summed E-state index contributed by atoms with van der Waals surface area (Å²) in [6, 6.07) is 19.6. The summed E-state index contributed by atoms with van der Waals surface area (Å²) < 4.78 is 30.5. The van der Waals surface area contributed by atoms with E-state index in [1.54, 1.807) is 12.1 Å². The molecule has 0 aliphatic heterocycles. The fraction of sp³-hybridized carbons (Fsp3) is 0.0500. The number of carbonyl (C=O) groups excluding carboxylic acids is 1. The van der Waals surface area contributed by atoms with Gasteiger partial charge in [-0.25, -0.2) is 0 Å². The molecule has 0 heterocycles. The van der Waals surface area contributed by atoms with Crippen molar-refractivity contribution < 1.29 is 17.4 Å². The van der Waals surface area contributed by atoms with Crippen molar-refractivity contribution >= 4 is 27.6 Å². The van der Waals surface area contributed by atoms with Crippen LogP contribution in [0.5, 0.6) is 5.75 Å². The summed E-state index contributed by atoms with van der Waals surface area (Å²) in [5.74, 6) is -0.440. The molecule has 0 aliphatic rings. The van der Waals surface area contributed by atoms with Gasteiger partial charge in [0.1, 0.15) is 10.6 Å². The second kappa shape index (κ2) is 7.82. The maximum Gasteiger partial charge on any atom is 0.339 e. The van der Waals surface area contributed by atoms with E-state index in [0.29, 0.717) is 17.0 Å². The van der Waals surface area contributed by atoms with E-state index in [4.69, 9.17) is 21.5 Å². The normalized spacial score (nSPS) is 11.1. The molecule has 3 aromatic rings. The van der Waals surface area contributed by atoms with E-state index in [1.807, 2.05) is 30.3 Å². The van der Waals surface area contributed by atoms with Gasteiger partial charge >= 0.3 is 10.1 Å². The Hall–Kier alpha value is -2.83. The summed E-state index contributed by atoms with van der Waals surface area (Å²) >= 11 is 6.07. The van der Waals surface area contributed by atoms with Crippen LogP contribution in [0.3, 0.4) is 0 Å². The average Bonchev–Trinajstić information content (AvgIpc) is 2.65. The summed E-state index contributed by atoms with van der Waals surface area (Å²) in [7, 11) is -4.08. The first-order valence-corrected chi connectivity index (χ1v) is 9.80. The Morgan fingerprint density at radius 1 is 0.963 bits per heavy atom. The third-order valence-corrected chi connectivity index (χ3v) is 5.37. The highest BCUT2D eigenvalue weighted by Crippen LogP contribution is 2.28. The SMILES string of the molecule is NC(=O)c1ccc(S(=O)(=O)Oc2ccc(Cl)cc2Cc2ccccc2)cc1. The van der Waals surface area contributed by atoms with E-state index in [-0.39, 0.29) is 16.2 Å². The molecule has 0 fully saturated rings. The highest BCUT2D eigenvalue weighted by atomic mass is 35.5. The number of hydrogen-bond donors (Lipinski definition) is 1. The van der Waals surface area contributed by atoms with E-state index < -0.39 is 16.0 Å². The molecule has 0 aliphatic carbocycles. The fourth-order valence-corrected chi connectivity index (χ4v) is 3.69. The molecule has 3 rings (SSSR count). The van der Waals surface area contributed by atoms with Crippen LogP contribution in [0.2, 0.25) is 5.02 Å². The molecule has 0 saturated heterocycles. The van der Waals surface area contributed by atoms with Crippen LogP contribution in [0.1, 0.15) is 21.5 Å². The van der Waals surface area contributed by atoms with Crippen LogP contribution >= 0.6 is 11.6 Å². The predicted octanol–water partition coefficient (Wildman–Crippen LogP) is 3.80. The maximum atomic E-state index is 12.6. The Bertz CT molecular complexity index is 1060. The van der Waals surface area contributed by atoms with Gasteiger partial charge in [0, 0.05) is 22.6 Å². The summed E-state index contributed by atoms with van der Waals surface area (Å²) in [4.78, 5) is 11.1. The van der Waals surface area contributed by atoms with E-state index in [0.717, 1.165) is 5.56 Å². The van der Waals surface area contributed by atoms with Crippen molar-refractivity contribution in [2.45, 2.75) is 11.3 Å². The number of nitrogens with two attached hydrogens (primary N) is 1. The van der Waals surface area contributed by atoms with Crippen LogP contribution in [0, 0.1) is 0 Å². The molecule has 0 atom stereocenters. The van der Waals surface area contributed by atoms with Crippen molar-refractivity contribution in [3.05, 3.63) is 94.5 Å². The molecule has 138 valence electrons. The molecule has 0 radical (unpaired) electrons. The summed E-state index contributed by atoms with van der Waals surface area (Å²) in [6.07, 6.45) is 0.465. The number of rotatable bonds is 6. The zero-order valence-electron chi connectivity index (χ0n) is 14.1. The first kappa shape index (κ1) is 18.9. The monoisotopic (exact) mass is 401 g/mol. The second-order valence-corrected chi connectivity index (χ2v) is 7.82. The Labute approximate surface area is 162 Å². The fourth-order valence-electron chi connectivity index (χ4n) is 2.54. The van der Waals surface area contributed by atoms with Gasteiger partial charge in [-0.3, -0.25) is 4.79 Å². The molecule has 7 heteroatoms. The smallest absolute Gasteiger partial charge is 0.339 e. The van der Waals surface area contributed by atoms with Crippen LogP contribution in [0.15, 0.2) is 77.7 Å². The van der Waals surface area contributed by atoms with Crippen LogP contribution in [0.25, 0.3) is 0 Å². The molecule has 27 heavy (non-hydrogen) atoms. The van der Waals surface area contributed by atoms with Crippen LogP contribution in [-0.2, 0) is 16.5 Å². The van der Waals surface area contributed by atoms with Gasteiger partial charge in [0.15, 0.2) is 0 Å². The molecule has 5 nitrogen and oxygen atoms in total. The van der Waals surface area contributed by atoms with Crippen LogP contribution < -0.4 is 9.92 Å². The Morgan fingerprint density at radius 2 is 1.63 bits per heavy atom. The van der Waals surface area contributed by atoms with Crippen molar-refractivity contribution in [3.8, 4) is 5.75 Å². The van der Waals surface area contributed by atoms with Crippen molar-refractivity contribution in [1.82, 2.24) is 0 Å². The van der Waals surface area contributed by atoms with Gasteiger partial charge in [-0.05, 0) is 48.0 Å². The quantitative estimate of drug-likeness (QED) is 0.636. The number of amides is 1. The van der Waals surface area contributed by atoms with Gasteiger partial charge in [0.25, 0.3) is 0 Å². The first-order valence-electron chi connectivity index (χ1n) is 8.02. The molecular weight excluding hydrogens is 386 g/mol. The third-order valence-electron chi connectivity index (χ3n) is 3.89. The number of primary amides is 1. The van der Waals surface area contributed by atoms with Crippen molar-refractivity contribution in [1.29, 1.82) is 0 Å². The largest absolute Gasteiger partial charge is 0.379 e. The third kappa shape index (κ3) is 4.67. The minimum absolute atomic E-state index is 0.0758. The number of benzene rings is 3.